The third-order valence-corrected chi connectivity index (χ3v) is 2.59. The summed E-state index contributed by atoms with van der Waals surface area (Å²) in [7, 11) is 0. The van der Waals surface area contributed by atoms with E-state index < -0.39 is 0 Å². The van der Waals surface area contributed by atoms with Crippen molar-refractivity contribution in [3.63, 3.8) is 0 Å². The highest BCUT2D eigenvalue weighted by atomic mass is 14.7. The van der Waals surface area contributed by atoms with Gasteiger partial charge in [0.05, 0.1) is 5.52 Å². The SMILES string of the molecule is C(#Cc1ccc2ccccc2n1)c1cccnc1. The molecule has 1 aromatic carbocycles. The fraction of sp³-hybridized carbons (Fsp3) is 0. The average molecular weight is 230 g/mol. The van der Waals surface area contributed by atoms with Gasteiger partial charge in [0.15, 0.2) is 0 Å². The van der Waals surface area contributed by atoms with Crippen molar-refractivity contribution in [1.82, 2.24) is 9.97 Å². The van der Waals surface area contributed by atoms with Crippen LogP contribution in [0.15, 0.2) is 60.9 Å². The lowest BCUT2D eigenvalue weighted by atomic mass is 10.2. The van der Waals surface area contributed by atoms with E-state index in [1.807, 2.05) is 48.5 Å². The van der Waals surface area contributed by atoms with Crippen LogP contribution in [0.25, 0.3) is 10.9 Å². The van der Waals surface area contributed by atoms with Crippen LogP contribution in [0.5, 0.6) is 0 Å². The summed E-state index contributed by atoms with van der Waals surface area (Å²) < 4.78 is 0. The van der Waals surface area contributed by atoms with Crippen LogP contribution in [0.1, 0.15) is 11.3 Å². The van der Waals surface area contributed by atoms with Gasteiger partial charge in [-0.25, -0.2) is 4.98 Å². The van der Waals surface area contributed by atoms with E-state index in [-0.39, 0.29) is 0 Å². The normalized spacial score (nSPS) is 9.78. The van der Waals surface area contributed by atoms with Crippen LogP contribution < -0.4 is 0 Å². The van der Waals surface area contributed by atoms with Crippen LogP contribution in [0.2, 0.25) is 0 Å². The van der Waals surface area contributed by atoms with Crippen molar-refractivity contribution in [3.05, 3.63) is 72.2 Å². The van der Waals surface area contributed by atoms with Crippen molar-refractivity contribution in [1.29, 1.82) is 0 Å². The first-order valence-electron chi connectivity index (χ1n) is 5.70. The molecule has 18 heavy (non-hydrogen) atoms. The molecule has 2 heteroatoms. The highest BCUT2D eigenvalue weighted by molar-refractivity contribution is 5.78. The number of fused-ring (bicyclic) bond motifs is 1. The number of nitrogens with zero attached hydrogens (tertiary/aromatic N) is 2. The molecule has 3 rings (SSSR count). The summed E-state index contributed by atoms with van der Waals surface area (Å²) in [5.41, 5.74) is 2.64. The Morgan fingerprint density at radius 1 is 0.833 bits per heavy atom. The fourth-order valence-electron chi connectivity index (χ4n) is 1.71. The van der Waals surface area contributed by atoms with E-state index in [1.54, 1.807) is 12.4 Å². The first-order valence-corrected chi connectivity index (χ1v) is 5.70. The molecule has 0 bridgehead atoms. The third kappa shape index (κ3) is 2.21. The van der Waals surface area contributed by atoms with Gasteiger partial charge in [0.1, 0.15) is 5.69 Å². The first-order chi connectivity index (χ1) is 8.92. The Balaban J connectivity index is 1.99. The van der Waals surface area contributed by atoms with Crippen LogP contribution in [-0.4, -0.2) is 9.97 Å². The van der Waals surface area contributed by atoms with Crippen LogP contribution in [0.4, 0.5) is 0 Å². The summed E-state index contributed by atoms with van der Waals surface area (Å²) in [6, 6.07) is 15.8. The zero-order valence-electron chi connectivity index (χ0n) is 9.67. The number of hydrogen-bond acceptors (Lipinski definition) is 2. The van der Waals surface area contributed by atoms with Crippen molar-refractivity contribution < 1.29 is 0 Å². The molecule has 3 aromatic rings. The Hall–Kier alpha value is -2.66. The number of rotatable bonds is 0. The van der Waals surface area contributed by atoms with Crippen molar-refractivity contribution in [3.8, 4) is 11.8 Å². The van der Waals surface area contributed by atoms with Gasteiger partial charge in [-0.3, -0.25) is 4.98 Å². The highest BCUT2D eigenvalue weighted by Gasteiger charge is 1.94. The van der Waals surface area contributed by atoms with E-state index in [9.17, 15) is 0 Å². The van der Waals surface area contributed by atoms with E-state index in [0.29, 0.717) is 0 Å². The Kier molecular flexibility index (Phi) is 2.73. The molecule has 0 atom stereocenters. The number of hydrogen-bond donors (Lipinski definition) is 0. The van der Waals surface area contributed by atoms with Crippen LogP contribution in [0, 0.1) is 11.8 Å². The van der Waals surface area contributed by atoms with E-state index >= 15 is 0 Å². The molecular formula is C16H10N2. The molecular weight excluding hydrogens is 220 g/mol. The highest BCUT2D eigenvalue weighted by Crippen LogP contribution is 2.11. The van der Waals surface area contributed by atoms with E-state index in [4.69, 9.17) is 0 Å². The van der Waals surface area contributed by atoms with Gasteiger partial charge in [0, 0.05) is 23.3 Å². The maximum Gasteiger partial charge on any atom is 0.114 e. The van der Waals surface area contributed by atoms with Gasteiger partial charge in [0.2, 0.25) is 0 Å². The molecule has 2 aromatic heterocycles. The van der Waals surface area contributed by atoms with Gasteiger partial charge in [-0.1, -0.05) is 30.2 Å². The zero-order valence-corrected chi connectivity index (χ0v) is 9.67. The monoisotopic (exact) mass is 230 g/mol. The lowest BCUT2D eigenvalue weighted by Crippen LogP contribution is -1.84. The third-order valence-electron chi connectivity index (χ3n) is 2.59. The molecule has 0 saturated heterocycles. The Bertz CT molecular complexity index is 737. The Labute approximate surface area is 105 Å². The van der Waals surface area contributed by atoms with E-state index in [0.717, 1.165) is 22.2 Å². The first kappa shape index (κ1) is 10.5. The number of para-hydroxylation sites is 1. The second-order valence-corrected chi connectivity index (χ2v) is 3.88. The Morgan fingerprint density at radius 2 is 1.78 bits per heavy atom. The molecule has 2 nitrogen and oxygen atoms in total. The van der Waals surface area contributed by atoms with Crippen molar-refractivity contribution in [2.45, 2.75) is 0 Å². The minimum absolute atomic E-state index is 0.776. The second-order valence-electron chi connectivity index (χ2n) is 3.88. The number of pyridine rings is 2. The fourth-order valence-corrected chi connectivity index (χ4v) is 1.71. The summed E-state index contributed by atoms with van der Waals surface area (Å²) in [5.74, 6) is 6.10. The minimum Gasteiger partial charge on any atom is -0.263 e. The topological polar surface area (TPSA) is 25.8 Å². The molecule has 2 heterocycles. The number of benzene rings is 1. The molecule has 0 unspecified atom stereocenters. The van der Waals surface area contributed by atoms with Gasteiger partial charge < -0.3 is 0 Å². The zero-order chi connectivity index (χ0) is 12.2. The molecule has 0 saturated carbocycles. The predicted molar refractivity (Wildman–Crippen MR) is 72.0 cm³/mol. The molecule has 0 spiro atoms. The molecule has 0 N–H and O–H groups in total. The van der Waals surface area contributed by atoms with Gasteiger partial charge in [-0.05, 0) is 30.2 Å². The molecule has 0 aliphatic heterocycles. The maximum absolute atomic E-state index is 4.50. The predicted octanol–water partition coefficient (Wildman–Crippen LogP) is 3.03. The van der Waals surface area contributed by atoms with Gasteiger partial charge in [0.25, 0.3) is 0 Å². The molecule has 0 radical (unpaired) electrons. The summed E-state index contributed by atoms with van der Waals surface area (Å²) in [5, 5.41) is 1.13. The minimum atomic E-state index is 0.776. The van der Waals surface area contributed by atoms with Crippen molar-refractivity contribution in [2.75, 3.05) is 0 Å². The van der Waals surface area contributed by atoms with Gasteiger partial charge in [-0.15, -0.1) is 0 Å². The van der Waals surface area contributed by atoms with Gasteiger partial charge in [-0.2, -0.15) is 0 Å². The quantitative estimate of drug-likeness (QED) is 0.555. The van der Waals surface area contributed by atoms with Crippen LogP contribution in [-0.2, 0) is 0 Å². The summed E-state index contributed by atoms with van der Waals surface area (Å²) >= 11 is 0. The average Bonchev–Trinajstić information content (AvgIpc) is 2.46. The maximum atomic E-state index is 4.50. The van der Waals surface area contributed by atoms with E-state index in [1.165, 1.54) is 0 Å². The molecule has 0 aliphatic rings. The van der Waals surface area contributed by atoms with Crippen LogP contribution in [0.3, 0.4) is 0 Å². The Morgan fingerprint density at radius 3 is 2.67 bits per heavy atom. The van der Waals surface area contributed by atoms with Crippen molar-refractivity contribution in [2.24, 2.45) is 0 Å². The second kappa shape index (κ2) is 4.68. The van der Waals surface area contributed by atoms with Crippen LogP contribution >= 0.6 is 0 Å². The largest absolute Gasteiger partial charge is 0.263 e. The molecule has 0 aliphatic carbocycles. The smallest absolute Gasteiger partial charge is 0.114 e. The standard InChI is InChI=1S/C16H10N2/c1-2-6-16-14(5-1)8-10-15(18-16)9-7-13-4-3-11-17-12-13/h1-6,8,10-12H. The summed E-state index contributed by atoms with van der Waals surface area (Å²) in [4.78, 5) is 8.52. The van der Waals surface area contributed by atoms with Gasteiger partial charge >= 0.3 is 0 Å². The van der Waals surface area contributed by atoms with E-state index in [2.05, 4.69) is 21.8 Å². The molecule has 0 fully saturated rings. The number of aromatic nitrogens is 2. The molecule has 84 valence electrons. The summed E-state index contributed by atoms with van der Waals surface area (Å²) in [6.07, 6.45) is 3.48. The molecule has 0 amide bonds. The lowest BCUT2D eigenvalue weighted by Gasteiger charge is -1.96. The van der Waals surface area contributed by atoms with Crippen molar-refractivity contribution >= 4 is 10.9 Å². The summed E-state index contributed by atoms with van der Waals surface area (Å²) in [6.45, 7) is 0. The lowest BCUT2D eigenvalue weighted by molar-refractivity contribution is 1.31.